The number of piperidine rings is 1. The van der Waals surface area contributed by atoms with E-state index in [4.69, 9.17) is 6.42 Å². The number of nitrogens with zero attached hydrogens (tertiary/aromatic N) is 2. The van der Waals surface area contributed by atoms with Crippen molar-refractivity contribution in [3.63, 3.8) is 0 Å². The maximum Gasteiger partial charge on any atom is 0.243 e. The molecular weight excluding hydrogens is 451 g/mol. The van der Waals surface area contributed by atoms with E-state index < -0.39 is 10.0 Å². The molecular formula is C17H25IN4O2S. The molecule has 1 heterocycles. The molecule has 25 heavy (non-hydrogen) atoms. The van der Waals surface area contributed by atoms with Gasteiger partial charge in [0.05, 0.1) is 11.4 Å². The lowest BCUT2D eigenvalue weighted by molar-refractivity contribution is 0.346. The molecule has 0 saturated carbocycles. The Balaban J connectivity index is 0.00000312. The van der Waals surface area contributed by atoms with Crippen molar-refractivity contribution in [2.75, 3.05) is 26.7 Å². The van der Waals surface area contributed by atoms with Crippen LogP contribution in [0.5, 0.6) is 0 Å². The van der Waals surface area contributed by atoms with Crippen LogP contribution in [-0.2, 0) is 16.6 Å². The molecule has 1 saturated heterocycles. The van der Waals surface area contributed by atoms with Crippen LogP contribution in [0, 0.1) is 12.3 Å². The lowest BCUT2D eigenvalue weighted by atomic mass is 10.2. The molecule has 0 atom stereocenters. The summed E-state index contributed by atoms with van der Waals surface area (Å²) in [4.78, 5) is 4.40. The molecule has 0 aromatic heterocycles. The highest BCUT2D eigenvalue weighted by molar-refractivity contribution is 14.0. The Hall–Kier alpha value is -1.31. The SMILES string of the molecule is C#CCNC(=NC)NCc1ccc(S(=O)(=O)N2CCCCC2)cc1.I. The number of rotatable bonds is 5. The van der Waals surface area contributed by atoms with Crippen LogP contribution in [0.25, 0.3) is 0 Å². The zero-order chi connectivity index (χ0) is 17.4. The van der Waals surface area contributed by atoms with Crippen molar-refractivity contribution >= 4 is 40.0 Å². The minimum Gasteiger partial charge on any atom is -0.352 e. The Labute approximate surface area is 167 Å². The third-order valence-corrected chi connectivity index (χ3v) is 5.83. The van der Waals surface area contributed by atoms with E-state index in [0.717, 1.165) is 24.8 Å². The molecule has 2 rings (SSSR count). The van der Waals surface area contributed by atoms with E-state index in [1.165, 1.54) is 0 Å². The minimum atomic E-state index is -3.37. The molecule has 0 bridgehead atoms. The Morgan fingerprint density at radius 2 is 1.84 bits per heavy atom. The van der Waals surface area contributed by atoms with E-state index in [1.807, 2.05) is 12.1 Å². The summed E-state index contributed by atoms with van der Waals surface area (Å²) in [7, 11) is -1.71. The Morgan fingerprint density at radius 1 is 1.20 bits per heavy atom. The van der Waals surface area contributed by atoms with Gasteiger partial charge in [-0.1, -0.05) is 24.5 Å². The lowest BCUT2D eigenvalue weighted by Crippen LogP contribution is -2.37. The van der Waals surface area contributed by atoms with Crippen LogP contribution in [0.15, 0.2) is 34.2 Å². The summed E-state index contributed by atoms with van der Waals surface area (Å²) in [5.41, 5.74) is 0.969. The van der Waals surface area contributed by atoms with Crippen molar-refractivity contribution < 1.29 is 8.42 Å². The number of aliphatic imine (C=N–C) groups is 1. The first kappa shape index (κ1) is 21.7. The van der Waals surface area contributed by atoms with Gasteiger partial charge in [0.25, 0.3) is 0 Å². The highest BCUT2D eigenvalue weighted by Crippen LogP contribution is 2.20. The van der Waals surface area contributed by atoms with Gasteiger partial charge in [0.1, 0.15) is 0 Å². The van der Waals surface area contributed by atoms with E-state index in [1.54, 1.807) is 23.5 Å². The summed E-state index contributed by atoms with van der Waals surface area (Å²) in [6, 6.07) is 6.97. The highest BCUT2D eigenvalue weighted by Gasteiger charge is 2.25. The number of sulfonamides is 1. The van der Waals surface area contributed by atoms with Crippen LogP contribution in [0.3, 0.4) is 0 Å². The lowest BCUT2D eigenvalue weighted by Gasteiger charge is -2.25. The first-order valence-corrected chi connectivity index (χ1v) is 9.49. The number of hydrogen-bond acceptors (Lipinski definition) is 3. The zero-order valence-electron chi connectivity index (χ0n) is 14.4. The van der Waals surface area contributed by atoms with Gasteiger partial charge in [-0.05, 0) is 30.5 Å². The van der Waals surface area contributed by atoms with E-state index in [-0.39, 0.29) is 24.0 Å². The van der Waals surface area contributed by atoms with Crippen molar-refractivity contribution in [2.24, 2.45) is 4.99 Å². The number of guanidine groups is 1. The summed E-state index contributed by atoms with van der Waals surface area (Å²) >= 11 is 0. The van der Waals surface area contributed by atoms with Crippen LogP contribution in [-0.4, -0.2) is 45.4 Å². The Bertz CT molecular complexity index is 705. The monoisotopic (exact) mass is 476 g/mol. The second kappa shape index (κ2) is 10.6. The van der Waals surface area contributed by atoms with Crippen molar-refractivity contribution in [1.82, 2.24) is 14.9 Å². The quantitative estimate of drug-likeness (QED) is 0.294. The van der Waals surface area contributed by atoms with Crippen LogP contribution < -0.4 is 10.6 Å². The third kappa shape index (κ3) is 6.17. The molecule has 1 aliphatic heterocycles. The van der Waals surface area contributed by atoms with Crippen LogP contribution in [0.2, 0.25) is 0 Å². The fraction of sp³-hybridized carbons (Fsp3) is 0.471. The van der Waals surface area contributed by atoms with Crippen LogP contribution in [0.4, 0.5) is 0 Å². The summed E-state index contributed by atoms with van der Waals surface area (Å²) in [5.74, 6) is 3.09. The number of nitrogens with one attached hydrogen (secondary N) is 2. The summed E-state index contributed by atoms with van der Waals surface area (Å²) in [5, 5.41) is 6.09. The van der Waals surface area contributed by atoms with Crippen LogP contribution in [0.1, 0.15) is 24.8 Å². The maximum absolute atomic E-state index is 12.6. The number of halogens is 1. The Kier molecular flexibility index (Phi) is 9.24. The van der Waals surface area contributed by atoms with E-state index in [2.05, 4.69) is 21.5 Å². The van der Waals surface area contributed by atoms with E-state index in [0.29, 0.717) is 37.0 Å². The average Bonchev–Trinajstić information content (AvgIpc) is 2.63. The molecule has 1 aromatic rings. The normalized spacial score (nSPS) is 15.8. The van der Waals surface area contributed by atoms with E-state index >= 15 is 0 Å². The molecule has 0 amide bonds. The van der Waals surface area contributed by atoms with Gasteiger partial charge >= 0.3 is 0 Å². The molecule has 0 unspecified atom stereocenters. The Morgan fingerprint density at radius 3 is 2.40 bits per heavy atom. The van der Waals surface area contributed by atoms with Gasteiger partial charge in [-0.15, -0.1) is 30.4 Å². The largest absolute Gasteiger partial charge is 0.352 e. The summed E-state index contributed by atoms with van der Waals surface area (Å²) < 4.78 is 26.8. The van der Waals surface area contributed by atoms with Gasteiger partial charge in [-0.2, -0.15) is 4.31 Å². The summed E-state index contributed by atoms with van der Waals surface area (Å²) in [6.45, 7) is 2.16. The van der Waals surface area contributed by atoms with Gasteiger partial charge < -0.3 is 10.6 Å². The topological polar surface area (TPSA) is 73.8 Å². The number of terminal acetylenes is 1. The highest BCUT2D eigenvalue weighted by atomic mass is 127. The molecule has 0 radical (unpaired) electrons. The third-order valence-electron chi connectivity index (χ3n) is 3.92. The molecule has 1 aromatic carbocycles. The second-order valence-corrected chi connectivity index (χ2v) is 7.53. The zero-order valence-corrected chi connectivity index (χ0v) is 17.5. The van der Waals surface area contributed by atoms with Crippen molar-refractivity contribution in [2.45, 2.75) is 30.7 Å². The molecule has 138 valence electrons. The van der Waals surface area contributed by atoms with Crippen LogP contribution >= 0.6 is 24.0 Å². The average molecular weight is 476 g/mol. The fourth-order valence-corrected chi connectivity index (χ4v) is 4.09. The maximum atomic E-state index is 12.6. The van der Waals surface area contributed by atoms with Gasteiger partial charge in [0, 0.05) is 26.7 Å². The van der Waals surface area contributed by atoms with Crippen molar-refractivity contribution in [3.8, 4) is 12.3 Å². The first-order chi connectivity index (χ1) is 11.6. The number of hydrogen-bond donors (Lipinski definition) is 2. The first-order valence-electron chi connectivity index (χ1n) is 8.05. The molecule has 0 aliphatic carbocycles. The fourth-order valence-electron chi connectivity index (χ4n) is 2.57. The predicted octanol–water partition coefficient (Wildman–Crippen LogP) is 1.78. The minimum absolute atomic E-state index is 0. The molecule has 2 N–H and O–H groups in total. The molecule has 6 nitrogen and oxygen atoms in total. The van der Waals surface area contributed by atoms with E-state index in [9.17, 15) is 8.42 Å². The number of benzene rings is 1. The van der Waals surface area contributed by atoms with Gasteiger partial charge in [-0.25, -0.2) is 8.42 Å². The van der Waals surface area contributed by atoms with Gasteiger partial charge in [-0.3, -0.25) is 4.99 Å². The van der Waals surface area contributed by atoms with Crippen molar-refractivity contribution in [1.29, 1.82) is 0 Å². The molecule has 1 fully saturated rings. The molecule has 8 heteroatoms. The summed E-state index contributed by atoms with van der Waals surface area (Å²) in [6.07, 6.45) is 8.18. The smallest absolute Gasteiger partial charge is 0.243 e. The standard InChI is InChI=1S/C17H24N4O2S.HI/c1-3-11-19-17(18-2)20-14-15-7-9-16(10-8-15)24(22,23)21-12-5-4-6-13-21;/h1,7-10H,4-6,11-14H2,2H3,(H2,18,19,20);1H. The van der Waals surface area contributed by atoms with Gasteiger partial charge in [0.15, 0.2) is 5.96 Å². The molecule has 1 aliphatic rings. The predicted molar refractivity (Wildman–Crippen MR) is 112 cm³/mol. The molecule has 0 spiro atoms. The van der Waals surface area contributed by atoms with Crippen molar-refractivity contribution in [3.05, 3.63) is 29.8 Å². The van der Waals surface area contributed by atoms with Gasteiger partial charge in [0.2, 0.25) is 10.0 Å². The second-order valence-electron chi connectivity index (χ2n) is 5.59.